The maximum atomic E-state index is 5.55. The van der Waals surface area contributed by atoms with Crippen LogP contribution >= 0.6 is 0 Å². The number of rotatable bonds is 11. The third-order valence-corrected chi connectivity index (χ3v) is 4.38. The van der Waals surface area contributed by atoms with Crippen molar-refractivity contribution in [1.29, 1.82) is 0 Å². The minimum absolute atomic E-state index is 0.567. The van der Waals surface area contributed by atoms with E-state index >= 15 is 0 Å². The Morgan fingerprint density at radius 1 is 0.889 bits per heavy atom. The van der Waals surface area contributed by atoms with Crippen LogP contribution in [0.1, 0.15) is 11.5 Å². The molecule has 0 bridgehead atoms. The minimum Gasteiger partial charge on any atom is -0.382 e. The van der Waals surface area contributed by atoms with Gasteiger partial charge in [-0.2, -0.15) is 0 Å². The summed E-state index contributed by atoms with van der Waals surface area (Å²) in [5, 5.41) is 8.22. The van der Waals surface area contributed by atoms with E-state index in [-0.39, 0.29) is 0 Å². The van der Waals surface area contributed by atoms with Gasteiger partial charge in [0.25, 0.3) is 0 Å². The van der Waals surface area contributed by atoms with Crippen LogP contribution in [0.2, 0.25) is 0 Å². The van der Waals surface area contributed by atoms with Crippen molar-refractivity contribution in [3.8, 4) is 0 Å². The second-order valence-corrected chi connectivity index (χ2v) is 6.39. The molecular formula is C18H28N4O5. The van der Waals surface area contributed by atoms with Crippen molar-refractivity contribution in [3.63, 3.8) is 0 Å². The van der Waals surface area contributed by atoms with Gasteiger partial charge < -0.3 is 33.1 Å². The summed E-state index contributed by atoms with van der Waals surface area (Å²) in [6.45, 7) is 8.29. The Morgan fingerprint density at radius 3 is 2.30 bits per heavy atom. The summed E-state index contributed by atoms with van der Waals surface area (Å²) >= 11 is 0. The van der Waals surface area contributed by atoms with Gasteiger partial charge in [0.05, 0.1) is 38.7 Å². The molecule has 0 unspecified atom stereocenters. The first-order valence-electron chi connectivity index (χ1n) is 9.29. The summed E-state index contributed by atoms with van der Waals surface area (Å²) in [5.41, 5.74) is 0.903. The smallest absolute Gasteiger partial charge is 0.227 e. The van der Waals surface area contributed by atoms with Crippen LogP contribution in [0.4, 0.5) is 11.7 Å². The fourth-order valence-corrected chi connectivity index (χ4v) is 2.87. The van der Waals surface area contributed by atoms with E-state index in [1.165, 1.54) is 0 Å². The largest absolute Gasteiger partial charge is 0.382 e. The third-order valence-electron chi connectivity index (χ3n) is 4.38. The molecular weight excluding hydrogens is 352 g/mol. The summed E-state index contributed by atoms with van der Waals surface area (Å²) in [6.07, 6.45) is 0.722. The highest BCUT2D eigenvalue weighted by Gasteiger charge is 2.22. The molecule has 9 nitrogen and oxygen atoms in total. The summed E-state index contributed by atoms with van der Waals surface area (Å²) in [7, 11) is 1.66. The molecule has 0 spiro atoms. The van der Waals surface area contributed by atoms with E-state index in [4.69, 9.17) is 23.3 Å². The summed E-state index contributed by atoms with van der Waals surface area (Å²) in [5.74, 6) is 2.54. The van der Waals surface area contributed by atoms with Crippen LogP contribution in [0, 0.1) is 6.92 Å². The first kappa shape index (κ1) is 19.7. The zero-order chi connectivity index (χ0) is 18.9. The first-order chi connectivity index (χ1) is 13.3. The molecule has 1 fully saturated rings. The van der Waals surface area contributed by atoms with Crippen LogP contribution in [0.15, 0.2) is 21.2 Å². The fourth-order valence-electron chi connectivity index (χ4n) is 2.87. The number of ether oxygens (including phenoxy) is 3. The number of hydrogen-bond donors (Lipinski definition) is 0. The van der Waals surface area contributed by atoms with Crippen molar-refractivity contribution in [1.82, 2.24) is 10.3 Å². The molecule has 0 amide bonds. The van der Waals surface area contributed by atoms with E-state index in [0.29, 0.717) is 33.0 Å². The number of piperazine rings is 1. The van der Waals surface area contributed by atoms with Crippen LogP contribution < -0.4 is 9.80 Å². The number of nitrogens with zero attached hydrogens (tertiary/aromatic N) is 4. The van der Waals surface area contributed by atoms with Crippen molar-refractivity contribution < 1.29 is 23.3 Å². The van der Waals surface area contributed by atoms with Gasteiger partial charge in [-0.3, -0.25) is 0 Å². The van der Waals surface area contributed by atoms with Gasteiger partial charge in [0.15, 0.2) is 5.82 Å². The summed E-state index contributed by atoms with van der Waals surface area (Å²) < 4.78 is 26.5. The lowest BCUT2D eigenvalue weighted by Gasteiger charge is -2.33. The second-order valence-electron chi connectivity index (χ2n) is 6.39. The van der Waals surface area contributed by atoms with Crippen molar-refractivity contribution in [2.75, 3.05) is 76.1 Å². The van der Waals surface area contributed by atoms with Gasteiger partial charge in [0.2, 0.25) is 5.88 Å². The molecule has 27 heavy (non-hydrogen) atoms. The number of methoxy groups -OCH3 is 1. The molecule has 3 rings (SSSR count). The molecule has 2 aromatic heterocycles. The van der Waals surface area contributed by atoms with Crippen molar-refractivity contribution in [2.24, 2.45) is 0 Å². The average molecular weight is 380 g/mol. The summed E-state index contributed by atoms with van der Waals surface area (Å²) in [4.78, 5) is 4.41. The van der Waals surface area contributed by atoms with Crippen LogP contribution in [0.3, 0.4) is 0 Å². The van der Waals surface area contributed by atoms with Gasteiger partial charge in [0, 0.05) is 51.8 Å². The Bertz CT molecular complexity index is 666. The normalized spacial score (nSPS) is 14.9. The number of hydrogen-bond acceptors (Lipinski definition) is 9. The number of aromatic nitrogens is 2. The highest BCUT2D eigenvalue weighted by atomic mass is 16.5. The first-order valence-corrected chi connectivity index (χ1v) is 9.29. The Balaban J connectivity index is 1.33. The van der Waals surface area contributed by atoms with Crippen molar-refractivity contribution in [2.45, 2.75) is 13.3 Å². The standard InChI is InChI=1S/C18H28N4O5/c1-15-13-17(20-26-15)21-4-6-22(7-5-21)18-14-16(19-27-18)3-8-24-11-12-25-10-9-23-2/h13-14H,3-12H2,1-2H3. The van der Waals surface area contributed by atoms with Gasteiger partial charge >= 0.3 is 0 Å². The highest BCUT2D eigenvalue weighted by molar-refractivity contribution is 5.43. The molecule has 9 heteroatoms. The SMILES string of the molecule is COCCOCCOCCc1cc(N2CCN(c3cc(C)on3)CC2)on1. The maximum Gasteiger partial charge on any atom is 0.227 e. The predicted octanol–water partition coefficient (Wildman–Crippen LogP) is 1.52. The van der Waals surface area contributed by atoms with Gasteiger partial charge in [0.1, 0.15) is 5.76 Å². The lowest BCUT2D eigenvalue weighted by Crippen LogP contribution is -2.46. The predicted molar refractivity (Wildman–Crippen MR) is 99.4 cm³/mol. The fraction of sp³-hybridized carbons (Fsp3) is 0.667. The summed E-state index contributed by atoms with van der Waals surface area (Å²) in [6, 6.07) is 3.96. The van der Waals surface area contributed by atoms with E-state index in [1.807, 2.05) is 19.1 Å². The van der Waals surface area contributed by atoms with Crippen molar-refractivity contribution in [3.05, 3.63) is 23.6 Å². The minimum atomic E-state index is 0.567. The Kier molecular flexibility index (Phi) is 7.49. The van der Waals surface area contributed by atoms with Crippen LogP contribution in [-0.2, 0) is 20.6 Å². The molecule has 1 aliphatic rings. The van der Waals surface area contributed by atoms with E-state index in [9.17, 15) is 0 Å². The van der Waals surface area contributed by atoms with Gasteiger partial charge in [-0.05, 0) is 6.92 Å². The Morgan fingerprint density at radius 2 is 1.59 bits per heavy atom. The van der Waals surface area contributed by atoms with Gasteiger partial charge in [-0.1, -0.05) is 10.3 Å². The molecule has 0 atom stereocenters. The zero-order valence-electron chi connectivity index (χ0n) is 16.1. The molecule has 0 aliphatic carbocycles. The van der Waals surface area contributed by atoms with E-state index in [1.54, 1.807) is 7.11 Å². The topological polar surface area (TPSA) is 86.2 Å². The third kappa shape index (κ3) is 5.95. The average Bonchev–Trinajstić information content (AvgIpc) is 3.33. The van der Waals surface area contributed by atoms with E-state index in [2.05, 4.69) is 20.1 Å². The number of anilines is 2. The maximum absolute atomic E-state index is 5.55. The molecule has 0 aromatic carbocycles. The van der Waals surface area contributed by atoms with Crippen LogP contribution in [-0.4, -0.2) is 76.6 Å². The Hall–Kier alpha value is -2.10. The molecule has 0 saturated carbocycles. The molecule has 0 radical (unpaired) electrons. The molecule has 1 saturated heterocycles. The highest BCUT2D eigenvalue weighted by Crippen LogP contribution is 2.21. The zero-order valence-corrected chi connectivity index (χ0v) is 16.1. The molecule has 1 aliphatic heterocycles. The molecule has 0 N–H and O–H groups in total. The quantitative estimate of drug-likeness (QED) is 0.539. The monoisotopic (exact) mass is 380 g/mol. The molecule has 150 valence electrons. The molecule has 2 aromatic rings. The van der Waals surface area contributed by atoms with Crippen LogP contribution in [0.25, 0.3) is 0 Å². The molecule has 3 heterocycles. The van der Waals surface area contributed by atoms with E-state index < -0.39 is 0 Å². The second kappa shape index (κ2) is 10.3. The van der Waals surface area contributed by atoms with Gasteiger partial charge in [-0.15, -0.1) is 0 Å². The van der Waals surface area contributed by atoms with Crippen molar-refractivity contribution >= 4 is 11.7 Å². The lowest BCUT2D eigenvalue weighted by atomic mass is 10.3. The van der Waals surface area contributed by atoms with Gasteiger partial charge in [-0.25, -0.2) is 0 Å². The van der Waals surface area contributed by atoms with Crippen LogP contribution in [0.5, 0.6) is 0 Å². The number of aryl methyl sites for hydroxylation is 1. The lowest BCUT2D eigenvalue weighted by molar-refractivity contribution is 0.0253. The Labute approximate surface area is 159 Å². The van der Waals surface area contributed by atoms with E-state index in [0.717, 1.165) is 55.8 Å².